The molecular formula is C20H22N2O4S2. The molecule has 0 saturated carbocycles. The van der Waals surface area contributed by atoms with Crippen molar-refractivity contribution in [1.29, 1.82) is 0 Å². The zero-order valence-corrected chi connectivity index (χ0v) is 17.4. The molecule has 3 aromatic rings. The summed E-state index contributed by atoms with van der Waals surface area (Å²) in [5.41, 5.74) is 2.98. The van der Waals surface area contributed by atoms with Crippen LogP contribution in [0.5, 0.6) is 0 Å². The second-order valence-electron chi connectivity index (χ2n) is 6.96. The summed E-state index contributed by atoms with van der Waals surface area (Å²) < 4.78 is 25.5. The van der Waals surface area contributed by atoms with Crippen LogP contribution in [0.15, 0.2) is 52.5 Å². The maximum atomic E-state index is 11.8. The van der Waals surface area contributed by atoms with E-state index in [0.717, 1.165) is 28.8 Å². The standard InChI is InChI=1S/C13H14N2O4S.C7H8S/c1-20(18,19)13-9-7-11-8(6-12(16)17)3-5-15(11)10(9)2-4-14-13;1-6-2-4-7(8)5-3-6/h2,4,7-8H,3,5-6H2,1H3,(H,16,17);2-5,8H,1H3. The minimum atomic E-state index is -3.40. The Morgan fingerprint density at radius 2 is 1.96 bits per heavy atom. The number of aliphatic carboxylic acids is 1. The van der Waals surface area contributed by atoms with Gasteiger partial charge in [0.1, 0.15) is 0 Å². The molecule has 3 heterocycles. The first-order chi connectivity index (χ1) is 13.2. The first kappa shape index (κ1) is 20.4. The van der Waals surface area contributed by atoms with Crippen molar-refractivity contribution in [3.63, 3.8) is 0 Å². The molecule has 0 aliphatic carbocycles. The van der Waals surface area contributed by atoms with E-state index in [9.17, 15) is 13.2 Å². The summed E-state index contributed by atoms with van der Waals surface area (Å²) in [7, 11) is -3.40. The van der Waals surface area contributed by atoms with Gasteiger partial charge in [-0.25, -0.2) is 13.4 Å². The normalized spacial score (nSPS) is 15.8. The summed E-state index contributed by atoms with van der Waals surface area (Å²) >= 11 is 4.13. The molecule has 0 fully saturated rings. The predicted octanol–water partition coefficient (Wildman–Crippen LogP) is 3.69. The highest BCUT2D eigenvalue weighted by atomic mass is 32.2. The van der Waals surface area contributed by atoms with Crippen molar-refractivity contribution in [2.75, 3.05) is 6.26 Å². The van der Waals surface area contributed by atoms with Crippen molar-refractivity contribution >= 4 is 39.3 Å². The van der Waals surface area contributed by atoms with Crippen molar-refractivity contribution in [2.45, 2.75) is 42.1 Å². The van der Waals surface area contributed by atoms with E-state index >= 15 is 0 Å². The van der Waals surface area contributed by atoms with Crippen LogP contribution in [-0.2, 0) is 21.2 Å². The van der Waals surface area contributed by atoms with Crippen LogP contribution in [0.25, 0.3) is 10.9 Å². The number of benzene rings is 1. The van der Waals surface area contributed by atoms with E-state index in [-0.39, 0.29) is 17.4 Å². The number of nitrogens with zero attached hydrogens (tertiary/aromatic N) is 2. The lowest BCUT2D eigenvalue weighted by Gasteiger charge is -2.04. The van der Waals surface area contributed by atoms with E-state index in [0.29, 0.717) is 11.9 Å². The number of aromatic nitrogens is 2. The van der Waals surface area contributed by atoms with Crippen LogP contribution in [-0.4, -0.2) is 35.3 Å². The number of hydrogen-bond donors (Lipinski definition) is 2. The zero-order valence-electron chi connectivity index (χ0n) is 15.7. The second kappa shape index (κ2) is 7.97. The van der Waals surface area contributed by atoms with Gasteiger partial charge in [0.05, 0.1) is 11.9 Å². The van der Waals surface area contributed by atoms with Gasteiger partial charge in [-0.05, 0) is 37.6 Å². The molecule has 1 N–H and O–H groups in total. The topological polar surface area (TPSA) is 89.3 Å². The van der Waals surface area contributed by atoms with Crippen LogP contribution in [0.4, 0.5) is 0 Å². The molecule has 4 rings (SSSR count). The Morgan fingerprint density at radius 1 is 1.29 bits per heavy atom. The van der Waals surface area contributed by atoms with Gasteiger partial charge in [0.2, 0.25) is 0 Å². The first-order valence-corrected chi connectivity index (χ1v) is 11.2. The van der Waals surface area contributed by atoms with Crippen molar-refractivity contribution in [1.82, 2.24) is 9.55 Å². The number of fused-ring (bicyclic) bond motifs is 3. The zero-order chi connectivity index (χ0) is 20.5. The highest BCUT2D eigenvalue weighted by Gasteiger charge is 2.28. The van der Waals surface area contributed by atoms with Gasteiger partial charge in [-0.2, -0.15) is 0 Å². The highest BCUT2D eigenvalue weighted by Crippen LogP contribution is 2.37. The number of pyridine rings is 1. The van der Waals surface area contributed by atoms with E-state index in [1.807, 2.05) is 28.8 Å². The summed E-state index contributed by atoms with van der Waals surface area (Å²) in [6.07, 6.45) is 3.45. The van der Waals surface area contributed by atoms with Crippen LogP contribution < -0.4 is 0 Å². The second-order valence-corrected chi connectivity index (χ2v) is 9.41. The quantitative estimate of drug-likeness (QED) is 0.633. The van der Waals surface area contributed by atoms with E-state index < -0.39 is 15.8 Å². The van der Waals surface area contributed by atoms with Crippen LogP contribution in [0.3, 0.4) is 0 Å². The molecule has 0 amide bonds. The number of carboxylic acids is 1. The fourth-order valence-electron chi connectivity index (χ4n) is 3.46. The maximum Gasteiger partial charge on any atom is 0.304 e. The molecule has 1 unspecified atom stereocenters. The van der Waals surface area contributed by atoms with Crippen LogP contribution in [0, 0.1) is 6.92 Å². The van der Waals surface area contributed by atoms with E-state index in [1.165, 1.54) is 11.8 Å². The highest BCUT2D eigenvalue weighted by molar-refractivity contribution is 7.90. The number of thiol groups is 1. The molecule has 1 aliphatic rings. The molecule has 1 atom stereocenters. The largest absolute Gasteiger partial charge is 0.481 e. The third kappa shape index (κ3) is 4.39. The molecule has 6 nitrogen and oxygen atoms in total. The van der Waals surface area contributed by atoms with Gasteiger partial charge in [0.25, 0.3) is 0 Å². The Balaban J connectivity index is 0.000000236. The van der Waals surface area contributed by atoms with Gasteiger partial charge in [0, 0.05) is 40.9 Å². The number of carboxylic acid groups (broad SMARTS) is 1. The van der Waals surface area contributed by atoms with Crippen molar-refractivity contribution in [3.05, 3.63) is 53.9 Å². The number of carbonyl (C=O) groups is 1. The van der Waals surface area contributed by atoms with Gasteiger partial charge in [-0.15, -0.1) is 12.6 Å². The lowest BCUT2D eigenvalue weighted by molar-refractivity contribution is -0.137. The molecule has 0 saturated heterocycles. The van der Waals surface area contributed by atoms with Crippen LogP contribution in [0.1, 0.15) is 30.0 Å². The molecule has 148 valence electrons. The van der Waals surface area contributed by atoms with Crippen LogP contribution >= 0.6 is 12.6 Å². The monoisotopic (exact) mass is 418 g/mol. The molecule has 0 bridgehead atoms. The molecule has 1 aliphatic heterocycles. The minimum Gasteiger partial charge on any atom is -0.481 e. The van der Waals surface area contributed by atoms with Gasteiger partial charge < -0.3 is 9.67 Å². The third-order valence-corrected chi connectivity index (χ3v) is 6.08. The average Bonchev–Trinajstić information content (AvgIpc) is 3.16. The van der Waals surface area contributed by atoms with Gasteiger partial charge in [0.15, 0.2) is 14.9 Å². The first-order valence-electron chi connectivity index (χ1n) is 8.82. The Bertz CT molecular complexity index is 1100. The predicted molar refractivity (Wildman–Crippen MR) is 111 cm³/mol. The minimum absolute atomic E-state index is 0.0611. The lowest BCUT2D eigenvalue weighted by atomic mass is 10.0. The SMILES string of the molecule is CS(=O)(=O)c1nccc2c1cc1n2CCC1CC(=O)O.Cc1ccc(S)cc1. The van der Waals surface area contributed by atoms with E-state index in [1.54, 1.807) is 12.1 Å². The Morgan fingerprint density at radius 3 is 2.54 bits per heavy atom. The molecule has 8 heteroatoms. The summed E-state index contributed by atoms with van der Waals surface area (Å²) in [6.45, 7) is 2.78. The summed E-state index contributed by atoms with van der Waals surface area (Å²) in [4.78, 5) is 15.9. The molecule has 0 spiro atoms. The molecule has 2 aromatic heterocycles. The molecule has 28 heavy (non-hydrogen) atoms. The maximum absolute atomic E-state index is 11.8. The van der Waals surface area contributed by atoms with E-state index in [2.05, 4.69) is 24.5 Å². The Hall–Kier alpha value is -2.32. The third-order valence-electron chi connectivity index (χ3n) is 4.75. The summed E-state index contributed by atoms with van der Waals surface area (Å²) in [5, 5.41) is 9.59. The molecule has 1 aromatic carbocycles. The van der Waals surface area contributed by atoms with Crippen LogP contribution in [0.2, 0.25) is 0 Å². The number of hydrogen-bond acceptors (Lipinski definition) is 5. The smallest absolute Gasteiger partial charge is 0.304 e. The van der Waals surface area contributed by atoms with Gasteiger partial charge in [-0.1, -0.05) is 17.7 Å². The van der Waals surface area contributed by atoms with Gasteiger partial charge in [-0.3, -0.25) is 4.79 Å². The molecule has 0 radical (unpaired) electrons. The number of sulfone groups is 1. The number of aryl methyl sites for hydroxylation is 2. The number of rotatable bonds is 3. The van der Waals surface area contributed by atoms with Crippen molar-refractivity contribution < 1.29 is 18.3 Å². The summed E-state index contributed by atoms with van der Waals surface area (Å²) in [5.74, 6) is -0.900. The van der Waals surface area contributed by atoms with E-state index in [4.69, 9.17) is 5.11 Å². The van der Waals surface area contributed by atoms with Gasteiger partial charge >= 0.3 is 5.97 Å². The Labute approximate surface area is 169 Å². The fourth-order valence-corrected chi connectivity index (χ4v) is 4.42. The molecular weight excluding hydrogens is 396 g/mol. The summed E-state index contributed by atoms with van der Waals surface area (Å²) in [6, 6.07) is 11.6. The lowest BCUT2D eigenvalue weighted by Crippen LogP contribution is -2.03. The Kier molecular flexibility index (Phi) is 5.81. The van der Waals surface area contributed by atoms with Crippen molar-refractivity contribution in [3.8, 4) is 0 Å². The average molecular weight is 419 g/mol. The van der Waals surface area contributed by atoms with Crippen molar-refractivity contribution in [2.24, 2.45) is 0 Å². The fraction of sp³-hybridized carbons (Fsp3) is 0.300.